The number of furan rings is 1. The van der Waals surface area contributed by atoms with Gasteiger partial charge < -0.3 is 4.42 Å². The zero-order valence-electron chi connectivity index (χ0n) is 14.1. The van der Waals surface area contributed by atoms with Gasteiger partial charge in [-0.25, -0.2) is 0 Å². The van der Waals surface area contributed by atoms with Crippen molar-refractivity contribution in [3.05, 3.63) is 59.1 Å². The lowest BCUT2D eigenvalue weighted by atomic mass is 10.1. The molecule has 1 aromatic rings. The van der Waals surface area contributed by atoms with Gasteiger partial charge in [0.05, 0.1) is 12.5 Å². The highest BCUT2D eigenvalue weighted by molar-refractivity contribution is 5.09. The maximum Gasteiger partial charge on any atom is 0.0934 e. The number of hydrogen-bond donors (Lipinski definition) is 0. The van der Waals surface area contributed by atoms with E-state index in [4.69, 9.17) is 4.42 Å². The third kappa shape index (κ3) is 9.12. The van der Waals surface area contributed by atoms with Gasteiger partial charge in [0.25, 0.3) is 0 Å². The number of aryl methyl sites for hydroxylation is 1. The summed E-state index contributed by atoms with van der Waals surface area (Å²) in [5.74, 6) is 0. The Morgan fingerprint density at radius 2 is 1.52 bits per heavy atom. The normalized spacial score (nSPS) is 12.6. The number of hydrogen-bond acceptors (Lipinski definition) is 1. The van der Waals surface area contributed by atoms with Crippen molar-refractivity contribution >= 4 is 0 Å². The Morgan fingerprint density at radius 1 is 0.905 bits per heavy atom. The van der Waals surface area contributed by atoms with Crippen molar-refractivity contribution in [2.45, 2.75) is 66.2 Å². The van der Waals surface area contributed by atoms with Crippen LogP contribution in [0.4, 0.5) is 0 Å². The monoisotopic (exact) mass is 286 g/mol. The summed E-state index contributed by atoms with van der Waals surface area (Å²) in [6.45, 7) is 8.81. The second-order valence-electron chi connectivity index (χ2n) is 6.13. The second kappa shape index (κ2) is 10.3. The van der Waals surface area contributed by atoms with Gasteiger partial charge in [-0.05, 0) is 77.8 Å². The van der Waals surface area contributed by atoms with Crippen LogP contribution in [0.25, 0.3) is 0 Å². The SMILES string of the molecule is CC(C)=CCCC(C)=CCCC(C)=CCCc1ccoc1. The molecule has 0 saturated carbocycles. The fourth-order valence-electron chi connectivity index (χ4n) is 2.26. The summed E-state index contributed by atoms with van der Waals surface area (Å²) in [6.07, 6.45) is 17.5. The first-order valence-electron chi connectivity index (χ1n) is 8.03. The molecule has 0 radical (unpaired) electrons. The van der Waals surface area contributed by atoms with Gasteiger partial charge in [0, 0.05) is 0 Å². The smallest absolute Gasteiger partial charge is 0.0934 e. The van der Waals surface area contributed by atoms with E-state index in [-0.39, 0.29) is 0 Å². The summed E-state index contributed by atoms with van der Waals surface area (Å²) in [7, 11) is 0. The fraction of sp³-hybridized carbons (Fsp3) is 0.500. The molecule has 0 saturated heterocycles. The van der Waals surface area contributed by atoms with Crippen molar-refractivity contribution < 1.29 is 4.42 Å². The molecule has 0 bridgehead atoms. The predicted molar refractivity (Wildman–Crippen MR) is 92.4 cm³/mol. The van der Waals surface area contributed by atoms with E-state index in [2.05, 4.69) is 45.9 Å². The maximum atomic E-state index is 5.08. The molecule has 0 spiro atoms. The second-order valence-corrected chi connectivity index (χ2v) is 6.13. The first-order chi connectivity index (χ1) is 10.1. The van der Waals surface area contributed by atoms with E-state index in [1.807, 2.05) is 12.3 Å². The highest BCUT2D eigenvalue weighted by Crippen LogP contribution is 2.12. The first kappa shape index (κ1) is 17.6. The van der Waals surface area contributed by atoms with E-state index in [0.29, 0.717) is 0 Å². The fourth-order valence-corrected chi connectivity index (χ4v) is 2.26. The lowest BCUT2D eigenvalue weighted by Crippen LogP contribution is -1.83. The maximum absolute atomic E-state index is 5.08. The van der Waals surface area contributed by atoms with E-state index in [1.165, 1.54) is 41.5 Å². The molecule has 0 aliphatic heterocycles. The van der Waals surface area contributed by atoms with Crippen LogP contribution in [0.1, 0.15) is 65.4 Å². The Labute approximate surface area is 130 Å². The first-order valence-corrected chi connectivity index (χ1v) is 8.03. The minimum Gasteiger partial charge on any atom is -0.472 e. The summed E-state index contributed by atoms with van der Waals surface area (Å²) >= 11 is 0. The lowest BCUT2D eigenvalue weighted by molar-refractivity contribution is 0.564. The summed E-state index contributed by atoms with van der Waals surface area (Å²) in [6, 6.07) is 2.04. The van der Waals surface area contributed by atoms with Crippen molar-refractivity contribution in [2.24, 2.45) is 0 Å². The van der Waals surface area contributed by atoms with Crippen LogP contribution >= 0.6 is 0 Å². The van der Waals surface area contributed by atoms with Gasteiger partial charge in [-0.1, -0.05) is 34.9 Å². The molecule has 116 valence electrons. The average Bonchev–Trinajstić information content (AvgIpc) is 2.91. The molecule has 1 heterocycles. The van der Waals surface area contributed by atoms with Gasteiger partial charge in [-0.15, -0.1) is 0 Å². The highest BCUT2D eigenvalue weighted by atomic mass is 16.3. The Kier molecular flexibility index (Phi) is 8.57. The van der Waals surface area contributed by atoms with Gasteiger partial charge in [-0.2, -0.15) is 0 Å². The van der Waals surface area contributed by atoms with Crippen LogP contribution in [-0.4, -0.2) is 0 Å². The van der Waals surface area contributed by atoms with Crippen LogP contribution in [0.15, 0.2) is 58.0 Å². The van der Waals surface area contributed by atoms with E-state index < -0.39 is 0 Å². The Balaban J connectivity index is 2.19. The van der Waals surface area contributed by atoms with Gasteiger partial charge in [0.1, 0.15) is 0 Å². The molecule has 1 heteroatoms. The molecule has 0 aromatic carbocycles. The van der Waals surface area contributed by atoms with Crippen LogP contribution in [0.3, 0.4) is 0 Å². The van der Waals surface area contributed by atoms with Crippen LogP contribution in [0.5, 0.6) is 0 Å². The molecule has 0 amide bonds. The number of allylic oxidation sites excluding steroid dienone is 6. The Hall–Kier alpha value is -1.50. The van der Waals surface area contributed by atoms with Crippen LogP contribution in [0.2, 0.25) is 0 Å². The minimum absolute atomic E-state index is 1.07. The molecular formula is C20H30O. The van der Waals surface area contributed by atoms with Crippen molar-refractivity contribution in [1.82, 2.24) is 0 Å². The molecule has 1 nitrogen and oxygen atoms in total. The van der Waals surface area contributed by atoms with E-state index in [1.54, 1.807) is 6.26 Å². The van der Waals surface area contributed by atoms with Gasteiger partial charge in [0.15, 0.2) is 0 Å². The predicted octanol–water partition coefficient (Wildman–Crippen LogP) is 6.63. The molecular weight excluding hydrogens is 256 g/mol. The molecule has 0 aliphatic rings. The van der Waals surface area contributed by atoms with E-state index in [0.717, 1.165) is 19.3 Å². The molecule has 0 fully saturated rings. The largest absolute Gasteiger partial charge is 0.472 e. The standard InChI is InChI=1S/C20H30O/c1-17(2)8-5-9-18(3)10-6-11-19(4)12-7-13-20-14-15-21-16-20/h8,10,12,14-16H,5-7,9,11,13H2,1-4H3. The third-order valence-corrected chi connectivity index (χ3v) is 3.63. The van der Waals surface area contributed by atoms with Crippen molar-refractivity contribution in [1.29, 1.82) is 0 Å². The molecule has 21 heavy (non-hydrogen) atoms. The molecule has 1 aromatic heterocycles. The van der Waals surface area contributed by atoms with Gasteiger partial charge >= 0.3 is 0 Å². The van der Waals surface area contributed by atoms with Crippen LogP contribution < -0.4 is 0 Å². The Morgan fingerprint density at radius 3 is 2.10 bits per heavy atom. The van der Waals surface area contributed by atoms with Crippen molar-refractivity contribution in [2.75, 3.05) is 0 Å². The number of rotatable bonds is 9. The third-order valence-electron chi connectivity index (χ3n) is 3.63. The molecule has 0 unspecified atom stereocenters. The minimum atomic E-state index is 1.07. The topological polar surface area (TPSA) is 13.1 Å². The summed E-state index contributed by atoms with van der Waals surface area (Å²) in [5, 5.41) is 0. The van der Waals surface area contributed by atoms with Crippen molar-refractivity contribution in [3.8, 4) is 0 Å². The quantitative estimate of drug-likeness (QED) is 0.464. The molecule has 0 N–H and O–H groups in total. The van der Waals surface area contributed by atoms with Gasteiger partial charge in [-0.3, -0.25) is 0 Å². The van der Waals surface area contributed by atoms with Crippen molar-refractivity contribution in [3.63, 3.8) is 0 Å². The Bertz CT molecular complexity index is 468. The van der Waals surface area contributed by atoms with Crippen LogP contribution in [-0.2, 0) is 6.42 Å². The summed E-state index contributed by atoms with van der Waals surface area (Å²) < 4.78 is 5.08. The summed E-state index contributed by atoms with van der Waals surface area (Å²) in [5.41, 5.74) is 5.71. The van der Waals surface area contributed by atoms with Crippen LogP contribution in [0, 0.1) is 0 Å². The molecule has 1 rings (SSSR count). The highest BCUT2D eigenvalue weighted by Gasteiger charge is 1.94. The zero-order valence-corrected chi connectivity index (χ0v) is 14.1. The van der Waals surface area contributed by atoms with Gasteiger partial charge in [0.2, 0.25) is 0 Å². The average molecular weight is 286 g/mol. The van der Waals surface area contributed by atoms with E-state index >= 15 is 0 Å². The summed E-state index contributed by atoms with van der Waals surface area (Å²) in [4.78, 5) is 0. The molecule has 0 atom stereocenters. The van der Waals surface area contributed by atoms with E-state index in [9.17, 15) is 0 Å². The lowest BCUT2D eigenvalue weighted by Gasteiger charge is -2.01. The zero-order chi connectivity index (χ0) is 15.5. The molecule has 0 aliphatic carbocycles.